The maximum Gasteiger partial charge on any atom is 0.200 e. The van der Waals surface area contributed by atoms with E-state index in [0.717, 1.165) is 23.1 Å². The molecule has 248 valence electrons. The van der Waals surface area contributed by atoms with Crippen molar-refractivity contribution < 1.29 is 22.3 Å². The quantitative estimate of drug-likeness (QED) is 0.234. The Kier molecular flexibility index (Phi) is 10.1. The molecule has 3 aromatic heterocycles. The summed E-state index contributed by atoms with van der Waals surface area (Å²) in [6.07, 6.45) is 2.90. The molecule has 2 aliphatic heterocycles. The highest BCUT2D eigenvalue weighted by Gasteiger charge is 2.47. The molecule has 1 atom stereocenters. The molecule has 2 saturated heterocycles. The highest BCUT2D eigenvalue weighted by Crippen LogP contribution is 2.43. The summed E-state index contributed by atoms with van der Waals surface area (Å²) in [6, 6.07) is 7.98. The molecule has 2 fully saturated rings. The Labute approximate surface area is 269 Å². The first-order valence-corrected chi connectivity index (χ1v) is 20.5. The normalized spacial score (nSPS) is 19.7. The van der Waals surface area contributed by atoms with Gasteiger partial charge in [-0.1, -0.05) is 48.5 Å². The number of hydrogen-bond donors (Lipinski definition) is 1. The Bertz CT molecular complexity index is 1560. The number of rotatable bonds is 11. The number of hydrogen-bond acceptors (Lipinski definition) is 9. The number of nitrogens with zero attached hydrogens (tertiary/aromatic N) is 4. The van der Waals surface area contributed by atoms with Crippen LogP contribution in [0.2, 0.25) is 16.6 Å². The number of ether oxygens (including phenoxy) is 2. The molecule has 0 amide bonds. The van der Waals surface area contributed by atoms with Gasteiger partial charge in [-0.05, 0) is 54.1 Å². The van der Waals surface area contributed by atoms with Crippen molar-refractivity contribution in [1.82, 2.24) is 19.9 Å². The number of sulfone groups is 1. The third-order valence-electron chi connectivity index (χ3n) is 10.1. The van der Waals surface area contributed by atoms with Crippen molar-refractivity contribution in [3.63, 3.8) is 0 Å². The van der Waals surface area contributed by atoms with E-state index in [9.17, 15) is 8.42 Å². The minimum Gasteiger partial charge on any atom is -0.410 e. The molecule has 0 aliphatic carbocycles. The van der Waals surface area contributed by atoms with Crippen LogP contribution in [-0.4, -0.2) is 81.9 Å². The Hall–Kier alpha value is -2.38. The van der Waals surface area contributed by atoms with E-state index in [4.69, 9.17) is 28.9 Å². The first-order chi connectivity index (χ1) is 21.3. The minimum absolute atomic E-state index is 0.138. The Morgan fingerprint density at radius 3 is 2.31 bits per heavy atom. The molecule has 3 aromatic rings. The second kappa shape index (κ2) is 13.4. The van der Waals surface area contributed by atoms with Crippen LogP contribution in [0.15, 0.2) is 24.3 Å². The van der Waals surface area contributed by atoms with E-state index in [0.29, 0.717) is 92.1 Å². The highest BCUT2D eigenvalue weighted by atomic mass is 32.2. The van der Waals surface area contributed by atoms with Crippen molar-refractivity contribution in [3.05, 3.63) is 35.7 Å². The van der Waals surface area contributed by atoms with Gasteiger partial charge in [0.05, 0.1) is 42.6 Å². The number of anilines is 1. The zero-order valence-corrected chi connectivity index (χ0v) is 30.0. The molecule has 12 heteroatoms. The van der Waals surface area contributed by atoms with E-state index in [-0.39, 0.29) is 6.04 Å². The van der Waals surface area contributed by atoms with E-state index >= 15 is 0 Å². The predicted octanol–water partition coefficient (Wildman–Crippen LogP) is 6.38. The molecule has 5 heterocycles. The van der Waals surface area contributed by atoms with E-state index in [1.807, 2.05) is 18.2 Å². The van der Waals surface area contributed by atoms with Crippen LogP contribution >= 0.6 is 0 Å². The predicted molar refractivity (Wildman–Crippen MR) is 182 cm³/mol. The van der Waals surface area contributed by atoms with Crippen LogP contribution < -0.4 is 4.90 Å². The topological polar surface area (TPSA) is 120 Å². The number of fused-ring (bicyclic) bond motifs is 1. The summed E-state index contributed by atoms with van der Waals surface area (Å²) in [7, 11) is -5.56. The second-order valence-corrected chi connectivity index (χ2v) is 21.5. The lowest BCUT2D eigenvalue weighted by Gasteiger charge is -2.42. The summed E-state index contributed by atoms with van der Waals surface area (Å²) >= 11 is 0. The van der Waals surface area contributed by atoms with Crippen molar-refractivity contribution in [2.75, 3.05) is 44.1 Å². The number of pyridine rings is 1. The summed E-state index contributed by atoms with van der Waals surface area (Å²) in [5.74, 6) is 1.13. The molecule has 0 spiro atoms. The third kappa shape index (κ3) is 6.45. The van der Waals surface area contributed by atoms with Gasteiger partial charge < -0.3 is 23.8 Å². The summed E-state index contributed by atoms with van der Waals surface area (Å²) in [5, 5.41) is 0. The highest BCUT2D eigenvalue weighted by molar-refractivity contribution is 7.91. The van der Waals surface area contributed by atoms with Crippen LogP contribution in [0.1, 0.15) is 79.1 Å². The van der Waals surface area contributed by atoms with Crippen LogP contribution in [0, 0.1) is 0 Å². The van der Waals surface area contributed by atoms with E-state index in [1.165, 1.54) is 6.26 Å². The lowest BCUT2D eigenvalue weighted by Crippen LogP contribution is -2.47. The summed E-state index contributed by atoms with van der Waals surface area (Å²) in [4.78, 5) is 20.7. The summed E-state index contributed by atoms with van der Waals surface area (Å²) < 4.78 is 43.9. The number of morpholine rings is 1. The summed E-state index contributed by atoms with van der Waals surface area (Å²) in [5.41, 5.74) is 5.30. The first-order valence-electron chi connectivity index (χ1n) is 16.5. The van der Waals surface area contributed by atoms with Crippen LogP contribution in [0.4, 0.5) is 5.82 Å². The number of aromatic amines is 1. The van der Waals surface area contributed by atoms with Crippen LogP contribution in [0.3, 0.4) is 0 Å². The molecule has 10 nitrogen and oxygen atoms in total. The fourth-order valence-electron chi connectivity index (χ4n) is 7.71. The number of H-pyrrole nitrogens is 1. The standard InChI is InChI=1S/C33H51N5O5SSi/c1-9-26-21-42-17-14-38(26)31-19-30(33(44(8,39)40)12-15-41-16-13-33)36-32(37-31)28-11-10-27-29(35-28)18-25(34-27)20-43-45(22(2)3,23(4)5)24(6)7/h10-11,18-19,22-24,26,34H,9,12-17,20-21H2,1-8H3/t26-/m0/s1. The van der Waals surface area contributed by atoms with Crippen molar-refractivity contribution >= 4 is 35.0 Å². The maximum atomic E-state index is 13.4. The van der Waals surface area contributed by atoms with Crippen molar-refractivity contribution in [1.29, 1.82) is 0 Å². The molecule has 1 N–H and O–H groups in total. The van der Waals surface area contributed by atoms with Crippen molar-refractivity contribution in [3.8, 4) is 11.5 Å². The fourth-order valence-corrected chi connectivity index (χ4v) is 14.5. The zero-order chi connectivity index (χ0) is 32.6. The maximum absolute atomic E-state index is 13.4. The molecule has 0 aromatic carbocycles. The summed E-state index contributed by atoms with van der Waals surface area (Å²) in [6.45, 7) is 19.0. The molecule has 5 rings (SSSR count). The van der Waals surface area contributed by atoms with Crippen LogP contribution in [0.5, 0.6) is 0 Å². The van der Waals surface area contributed by atoms with Gasteiger partial charge in [0.25, 0.3) is 0 Å². The second-order valence-electron chi connectivity index (χ2n) is 13.7. The Morgan fingerprint density at radius 1 is 1.00 bits per heavy atom. The number of aromatic nitrogens is 4. The van der Waals surface area contributed by atoms with Crippen LogP contribution in [-0.2, 0) is 35.1 Å². The van der Waals surface area contributed by atoms with Crippen molar-refractivity contribution in [2.24, 2.45) is 0 Å². The largest absolute Gasteiger partial charge is 0.410 e. The molecular weight excluding hydrogens is 607 g/mol. The van der Waals surface area contributed by atoms with E-state index < -0.39 is 22.9 Å². The number of nitrogens with one attached hydrogen (secondary N) is 1. The van der Waals surface area contributed by atoms with Gasteiger partial charge in [0.1, 0.15) is 16.3 Å². The Balaban J connectivity index is 1.56. The zero-order valence-electron chi connectivity index (χ0n) is 28.2. The molecule has 0 saturated carbocycles. The van der Waals surface area contributed by atoms with Crippen LogP contribution in [0.25, 0.3) is 22.6 Å². The molecular formula is C33H51N5O5SSi. The third-order valence-corrected chi connectivity index (χ3v) is 18.2. The SMILES string of the molecule is CC[C@H]1COCCN1c1cc(C2(S(C)(=O)=O)CCOCC2)nc(-c2ccc3[nH]c(CO[Si](C(C)C)(C(C)C)C(C)C)cc3n2)n1. The van der Waals surface area contributed by atoms with Gasteiger partial charge in [-0.2, -0.15) is 0 Å². The van der Waals surface area contributed by atoms with Gasteiger partial charge >= 0.3 is 0 Å². The molecule has 0 unspecified atom stereocenters. The van der Waals surface area contributed by atoms with Gasteiger partial charge in [0.15, 0.2) is 15.7 Å². The average molecular weight is 658 g/mol. The first kappa shape index (κ1) is 34.0. The van der Waals surface area contributed by atoms with Gasteiger partial charge in [-0.3, -0.25) is 0 Å². The molecule has 0 radical (unpaired) electrons. The van der Waals surface area contributed by atoms with Gasteiger partial charge in [0.2, 0.25) is 8.32 Å². The lowest BCUT2D eigenvalue weighted by atomic mass is 9.94. The molecule has 2 aliphatic rings. The van der Waals surface area contributed by atoms with E-state index in [1.54, 1.807) is 0 Å². The minimum atomic E-state index is -3.52. The fraction of sp³-hybridized carbons (Fsp3) is 0.667. The molecule has 0 bridgehead atoms. The van der Waals surface area contributed by atoms with Gasteiger partial charge in [-0.25, -0.2) is 23.4 Å². The van der Waals surface area contributed by atoms with Crippen molar-refractivity contribution in [2.45, 2.75) is 102 Å². The van der Waals surface area contributed by atoms with E-state index in [2.05, 4.69) is 64.4 Å². The Morgan fingerprint density at radius 2 is 1.69 bits per heavy atom. The lowest BCUT2D eigenvalue weighted by molar-refractivity contribution is 0.0731. The van der Waals surface area contributed by atoms with Gasteiger partial charge in [-0.15, -0.1) is 0 Å². The average Bonchev–Trinajstić information content (AvgIpc) is 3.42. The van der Waals surface area contributed by atoms with Gasteiger partial charge in [0, 0.05) is 37.8 Å². The molecule has 45 heavy (non-hydrogen) atoms. The smallest absolute Gasteiger partial charge is 0.200 e. The monoisotopic (exact) mass is 657 g/mol.